The molecule has 0 saturated carbocycles. The maximum atomic E-state index is 11.9. The third kappa shape index (κ3) is 4.34. The topological polar surface area (TPSA) is 38.3 Å². The van der Waals surface area contributed by atoms with Crippen LogP contribution in [0.4, 0.5) is 5.69 Å². The van der Waals surface area contributed by atoms with Crippen LogP contribution >= 0.6 is 0 Å². The smallest absolute Gasteiger partial charge is 0.187 e. The third-order valence-corrected chi connectivity index (χ3v) is 3.38. The van der Waals surface area contributed by atoms with Crippen molar-refractivity contribution in [3.05, 3.63) is 103 Å². The first-order valence-electron chi connectivity index (χ1n) is 7.67. The number of hydrogen-bond donors (Lipinski definition) is 1. The van der Waals surface area contributed by atoms with E-state index in [9.17, 15) is 4.79 Å². The number of para-hydroxylation sites is 1. The lowest BCUT2D eigenvalue weighted by Crippen LogP contribution is -1.95. The van der Waals surface area contributed by atoms with Gasteiger partial charge in [-0.05, 0) is 36.4 Å². The molecule has 24 heavy (non-hydrogen) atoms. The zero-order valence-electron chi connectivity index (χ0n) is 13.1. The van der Waals surface area contributed by atoms with E-state index in [-0.39, 0.29) is 5.78 Å². The number of ether oxygens (including phenoxy) is 1. The van der Waals surface area contributed by atoms with Crippen LogP contribution in [-0.2, 0) is 0 Å². The molecule has 3 aromatic carbocycles. The first kappa shape index (κ1) is 15.6. The highest BCUT2D eigenvalue weighted by Gasteiger charge is 1.99. The fourth-order valence-corrected chi connectivity index (χ4v) is 2.16. The fourth-order valence-electron chi connectivity index (χ4n) is 2.16. The van der Waals surface area contributed by atoms with Gasteiger partial charge in [0.15, 0.2) is 5.78 Å². The van der Waals surface area contributed by atoms with Gasteiger partial charge in [-0.1, -0.05) is 48.5 Å². The number of benzene rings is 3. The Morgan fingerprint density at radius 2 is 1.33 bits per heavy atom. The molecule has 0 radical (unpaired) electrons. The SMILES string of the molecule is O=C(C=CNc1ccc(Oc2ccccc2)cc1)c1ccccc1. The predicted molar refractivity (Wildman–Crippen MR) is 96.5 cm³/mol. The van der Waals surface area contributed by atoms with E-state index in [4.69, 9.17) is 4.74 Å². The highest BCUT2D eigenvalue weighted by Crippen LogP contribution is 2.22. The van der Waals surface area contributed by atoms with Gasteiger partial charge in [0.25, 0.3) is 0 Å². The molecule has 0 unspecified atom stereocenters. The largest absolute Gasteiger partial charge is 0.457 e. The second-order valence-corrected chi connectivity index (χ2v) is 5.15. The summed E-state index contributed by atoms with van der Waals surface area (Å²) in [4.78, 5) is 11.9. The molecular formula is C21H17NO2. The van der Waals surface area contributed by atoms with Crippen molar-refractivity contribution >= 4 is 11.5 Å². The lowest BCUT2D eigenvalue weighted by Gasteiger charge is -2.06. The normalized spacial score (nSPS) is 10.5. The molecule has 0 bridgehead atoms. The Bertz CT molecular complexity index is 809. The quantitative estimate of drug-likeness (QED) is 0.496. The molecule has 0 atom stereocenters. The number of carbonyl (C=O) groups is 1. The van der Waals surface area contributed by atoms with Crippen LogP contribution in [0.25, 0.3) is 0 Å². The molecule has 0 aliphatic carbocycles. The van der Waals surface area contributed by atoms with E-state index in [2.05, 4.69) is 5.32 Å². The van der Waals surface area contributed by atoms with Gasteiger partial charge < -0.3 is 10.1 Å². The lowest BCUT2D eigenvalue weighted by atomic mass is 10.1. The summed E-state index contributed by atoms with van der Waals surface area (Å²) in [7, 11) is 0. The van der Waals surface area contributed by atoms with E-state index >= 15 is 0 Å². The molecule has 1 N–H and O–H groups in total. The van der Waals surface area contributed by atoms with E-state index in [1.807, 2.05) is 72.8 Å². The van der Waals surface area contributed by atoms with Crippen molar-refractivity contribution in [2.45, 2.75) is 0 Å². The molecule has 0 aromatic heterocycles. The second-order valence-electron chi connectivity index (χ2n) is 5.15. The van der Waals surface area contributed by atoms with Gasteiger partial charge in [-0.2, -0.15) is 0 Å². The van der Waals surface area contributed by atoms with Gasteiger partial charge in [-0.25, -0.2) is 0 Å². The summed E-state index contributed by atoms with van der Waals surface area (Å²) in [5, 5.41) is 3.08. The highest BCUT2D eigenvalue weighted by molar-refractivity contribution is 6.04. The Morgan fingerprint density at radius 1 is 0.750 bits per heavy atom. The maximum absolute atomic E-state index is 11.9. The molecule has 0 spiro atoms. The number of hydrogen-bond acceptors (Lipinski definition) is 3. The first-order chi connectivity index (χ1) is 11.8. The molecular weight excluding hydrogens is 298 g/mol. The summed E-state index contributed by atoms with van der Waals surface area (Å²) >= 11 is 0. The molecule has 0 saturated heterocycles. The van der Waals surface area contributed by atoms with E-state index in [1.54, 1.807) is 18.3 Å². The number of anilines is 1. The third-order valence-electron chi connectivity index (χ3n) is 3.38. The molecule has 0 aliphatic rings. The summed E-state index contributed by atoms with van der Waals surface area (Å²) in [6.45, 7) is 0. The standard InChI is InChI=1S/C21H17NO2/c23-21(17-7-3-1-4-8-17)15-16-22-18-11-13-20(14-12-18)24-19-9-5-2-6-10-19/h1-16,22H. The van der Waals surface area contributed by atoms with Gasteiger partial charge in [0.2, 0.25) is 0 Å². The molecule has 3 heteroatoms. The first-order valence-corrected chi connectivity index (χ1v) is 7.67. The van der Waals surface area contributed by atoms with Crippen LogP contribution in [0.5, 0.6) is 11.5 Å². The van der Waals surface area contributed by atoms with E-state index in [0.717, 1.165) is 17.2 Å². The Kier molecular flexibility index (Phi) is 5.05. The van der Waals surface area contributed by atoms with Gasteiger partial charge in [0, 0.05) is 23.5 Å². The number of ketones is 1. The number of carbonyl (C=O) groups excluding carboxylic acids is 1. The molecule has 118 valence electrons. The summed E-state index contributed by atoms with van der Waals surface area (Å²) < 4.78 is 5.73. The molecule has 0 aliphatic heterocycles. The van der Waals surface area contributed by atoms with Gasteiger partial charge in [0.1, 0.15) is 11.5 Å². The zero-order valence-corrected chi connectivity index (χ0v) is 13.1. The lowest BCUT2D eigenvalue weighted by molar-refractivity contribution is 0.104. The Balaban J connectivity index is 1.56. The number of rotatable bonds is 6. The Labute approximate surface area is 141 Å². The van der Waals surface area contributed by atoms with Crippen LogP contribution in [0.3, 0.4) is 0 Å². The van der Waals surface area contributed by atoms with Crippen LogP contribution in [-0.4, -0.2) is 5.78 Å². The van der Waals surface area contributed by atoms with Crippen molar-refractivity contribution in [2.75, 3.05) is 5.32 Å². The maximum Gasteiger partial charge on any atom is 0.187 e. The van der Waals surface area contributed by atoms with Gasteiger partial charge in [-0.15, -0.1) is 0 Å². The van der Waals surface area contributed by atoms with Crippen LogP contribution < -0.4 is 10.1 Å². The second kappa shape index (κ2) is 7.79. The van der Waals surface area contributed by atoms with Gasteiger partial charge in [-0.3, -0.25) is 4.79 Å². The minimum Gasteiger partial charge on any atom is -0.457 e. The highest BCUT2D eigenvalue weighted by atomic mass is 16.5. The number of allylic oxidation sites excluding steroid dienone is 1. The molecule has 0 fully saturated rings. The van der Waals surface area contributed by atoms with Crippen LogP contribution in [0, 0.1) is 0 Å². The fraction of sp³-hybridized carbons (Fsp3) is 0. The van der Waals surface area contributed by atoms with Crippen LogP contribution in [0.1, 0.15) is 10.4 Å². The zero-order chi connectivity index (χ0) is 16.6. The van der Waals surface area contributed by atoms with Gasteiger partial charge in [0.05, 0.1) is 0 Å². The van der Waals surface area contributed by atoms with Crippen molar-refractivity contribution < 1.29 is 9.53 Å². The summed E-state index contributed by atoms with van der Waals surface area (Å²) in [5.74, 6) is 1.52. The monoisotopic (exact) mass is 315 g/mol. The van der Waals surface area contributed by atoms with Gasteiger partial charge >= 0.3 is 0 Å². The van der Waals surface area contributed by atoms with E-state index in [1.165, 1.54) is 6.08 Å². The van der Waals surface area contributed by atoms with Crippen molar-refractivity contribution in [1.82, 2.24) is 0 Å². The minimum atomic E-state index is -0.0351. The van der Waals surface area contributed by atoms with Crippen LogP contribution in [0.2, 0.25) is 0 Å². The van der Waals surface area contributed by atoms with Crippen molar-refractivity contribution in [1.29, 1.82) is 0 Å². The van der Waals surface area contributed by atoms with Crippen LogP contribution in [0.15, 0.2) is 97.2 Å². The molecule has 0 amide bonds. The summed E-state index contributed by atoms with van der Waals surface area (Å²) in [6, 6.07) is 26.3. The van der Waals surface area contributed by atoms with Crippen molar-refractivity contribution in [3.63, 3.8) is 0 Å². The molecule has 3 rings (SSSR count). The molecule has 3 nitrogen and oxygen atoms in total. The van der Waals surface area contributed by atoms with Crippen molar-refractivity contribution in [2.24, 2.45) is 0 Å². The van der Waals surface area contributed by atoms with E-state index < -0.39 is 0 Å². The van der Waals surface area contributed by atoms with E-state index in [0.29, 0.717) is 5.56 Å². The average molecular weight is 315 g/mol. The molecule has 3 aromatic rings. The average Bonchev–Trinajstić information content (AvgIpc) is 2.65. The Morgan fingerprint density at radius 3 is 2.00 bits per heavy atom. The summed E-state index contributed by atoms with van der Waals surface area (Å²) in [5.41, 5.74) is 1.55. The Hall–Kier alpha value is -3.33. The van der Waals surface area contributed by atoms with Crippen molar-refractivity contribution in [3.8, 4) is 11.5 Å². The number of nitrogens with one attached hydrogen (secondary N) is 1. The predicted octanol–water partition coefficient (Wildman–Crippen LogP) is 5.29. The minimum absolute atomic E-state index is 0.0351. The molecule has 0 heterocycles. The summed E-state index contributed by atoms with van der Waals surface area (Å²) in [6.07, 6.45) is 3.16.